The van der Waals surface area contributed by atoms with Crippen LogP contribution in [0.1, 0.15) is 0 Å². The van der Waals surface area contributed by atoms with Gasteiger partial charge in [-0.15, -0.1) is 0 Å². The summed E-state index contributed by atoms with van der Waals surface area (Å²) in [5, 5.41) is 11.1. The first-order valence-electron chi connectivity index (χ1n) is 6.37. The summed E-state index contributed by atoms with van der Waals surface area (Å²) in [6.07, 6.45) is 0. The van der Waals surface area contributed by atoms with Crippen LogP contribution < -0.4 is 9.47 Å². The number of carbonyl (C=O) groups excluding carboxylic acids is 2. The third-order valence-corrected chi connectivity index (χ3v) is 2.58. The number of ether oxygens (including phenoxy) is 2. The molecule has 130 valence electrons. The molecule has 0 aliphatic carbocycles. The molecular formula is C15H7F4NO5. The Morgan fingerprint density at radius 3 is 1.32 bits per heavy atom. The molecule has 0 radical (unpaired) electrons. The van der Waals surface area contributed by atoms with Crippen LogP contribution in [0.15, 0.2) is 41.6 Å². The van der Waals surface area contributed by atoms with E-state index in [9.17, 15) is 27.2 Å². The van der Waals surface area contributed by atoms with Gasteiger partial charge in [0.15, 0.2) is 0 Å². The summed E-state index contributed by atoms with van der Waals surface area (Å²) in [5.74, 6) is -8.73. The molecule has 0 saturated carbocycles. The van der Waals surface area contributed by atoms with Gasteiger partial charge >= 0.3 is 11.9 Å². The number of carbonyl (C=O) groups is 2. The van der Waals surface area contributed by atoms with E-state index in [2.05, 4.69) is 14.6 Å². The van der Waals surface area contributed by atoms with Gasteiger partial charge in [0.2, 0.25) is 0 Å². The van der Waals surface area contributed by atoms with E-state index in [1.54, 1.807) is 0 Å². The Kier molecular flexibility index (Phi) is 5.32. The van der Waals surface area contributed by atoms with Crippen LogP contribution in [0.5, 0.6) is 11.5 Å². The molecule has 0 unspecified atom stereocenters. The third kappa shape index (κ3) is 4.77. The molecule has 0 bridgehead atoms. The van der Waals surface area contributed by atoms with Crippen LogP contribution in [0.2, 0.25) is 0 Å². The highest BCUT2D eigenvalue weighted by molar-refractivity contribution is 6.63. The number of rotatable bonds is 4. The molecule has 0 atom stereocenters. The first kappa shape index (κ1) is 17.9. The van der Waals surface area contributed by atoms with Crippen molar-refractivity contribution in [2.24, 2.45) is 5.16 Å². The lowest BCUT2D eigenvalue weighted by molar-refractivity contribution is -0.132. The maximum atomic E-state index is 13.0. The second-order valence-electron chi connectivity index (χ2n) is 4.44. The average Bonchev–Trinajstić information content (AvgIpc) is 2.45. The van der Waals surface area contributed by atoms with Gasteiger partial charge in [0.1, 0.15) is 34.8 Å². The lowest BCUT2D eigenvalue weighted by atomic mass is 10.3. The van der Waals surface area contributed by atoms with Crippen LogP contribution in [-0.4, -0.2) is 22.9 Å². The normalized spacial score (nSPS) is 10.1. The van der Waals surface area contributed by atoms with Gasteiger partial charge < -0.3 is 14.7 Å². The van der Waals surface area contributed by atoms with Crippen LogP contribution in [0.25, 0.3) is 0 Å². The van der Waals surface area contributed by atoms with Gasteiger partial charge in [0, 0.05) is 36.4 Å². The second kappa shape index (κ2) is 7.43. The molecule has 1 N–H and O–H groups in total. The van der Waals surface area contributed by atoms with Crippen molar-refractivity contribution in [2.45, 2.75) is 0 Å². The number of nitrogens with zero attached hydrogens (tertiary/aromatic N) is 1. The molecule has 2 rings (SSSR count). The first-order valence-corrected chi connectivity index (χ1v) is 6.37. The second-order valence-corrected chi connectivity index (χ2v) is 4.44. The minimum absolute atomic E-state index is 0.505. The third-order valence-electron chi connectivity index (χ3n) is 2.58. The van der Waals surface area contributed by atoms with E-state index in [1.165, 1.54) is 0 Å². The zero-order valence-corrected chi connectivity index (χ0v) is 12.0. The van der Waals surface area contributed by atoms with Crippen molar-refractivity contribution >= 4 is 17.7 Å². The molecule has 0 aromatic heterocycles. The zero-order chi connectivity index (χ0) is 18.6. The van der Waals surface area contributed by atoms with Crippen LogP contribution >= 0.6 is 0 Å². The average molecular weight is 357 g/mol. The van der Waals surface area contributed by atoms with Gasteiger partial charge in [-0.05, 0) is 0 Å². The quantitative estimate of drug-likeness (QED) is 0.173. The lowest BCUT2D eigenvalue weighted by Gasteiger charge is -2.07. The van der Waals surface area contributed by atoms with Crippen LogP contribution in [0.4, 0.5) is 17.6 Å². The van der Waals surface area contributed by atoms with Crippen molar-refractivity contribution < 1.29 is 41.8 Å². The maximum absolute atomic E-state index is 13.0. The number of esters is 2. The van der Waals surface area contributed by atoms with E-state index in [0.717, 1.165) is 0 Å². The predicted molar refractivity (Wildman–Crippen MR) is 73.2 cm³/mol. The van der Waals surface area contributed by atoms with Crippen LogP contribution in [0, 0.1) is 23.3 Å². The zero-order valence-electron chi connectivity index (χ0n) is 12.0. The van der Waals surface area contributed by atoms with Gasteiger partial charge in [-0.3, -0.25) is 0 Å². The fourth-order valence-electron chi connectivity index (χ4n) is 1.65. The number of benzene rings is 2. The van der Waals surface area contributed by atoms with Crippen LogP contribution in [0.3, 0.4) is 0 Å². The maximum Gasteiger partial charge on any atom is 0.373 e. The molecule has 0 saturated heterocycles. The largest absolute Gasteiger partial charge is 0.421 e. The Labute approximate surface area is 136 Å². The Balaban J connectivity index is 2.14. The van der Waals surface area contributed by atoms with Crippen molar-refractivity contribution in [2.75, 3.05) is 0 Å². The Bertz CT molecular complexity index is 761. The summed E-state index contributed by atoms with van der Waals surface area (Å²) in [6.45, 7) is 0. The van der Waals surface area contributed by atoms with E-state index < -0.39 is 52.4 Å². The smallest absolute Gasteiger partial charge is 0.373 e. The van der Waals surface area contributed by atoms with E-state index in [1.807, 2.05) is 0 Å². The highest BCUT2D eigenvalue weighted by Gasteiger charge is 2.26. The molecule has 0 heterocycles. The predicted octanol–water partition coefficient (Wildman–Crippen LogP) is 2.58. The fraction of sp³-hybridized carbons (Fsp3) is 0. The number of halogens is 4. The molecule has 0 amide bonds. The fourth-order valence-corrected chi connectivity index (χ4v) is 1.65. The number of hydrogen-bond acceptors (Lipinski definition) is 6. The highest BCUT2D eigenvalue weighted by atomic mass is 19.1. The van der Waals surface area contributed by atoms with E-state index in [-0.39, 0.29) is 0 Å². The van der Waals surface area contributed by atoms with E-state index >= 15 is 0 Å². The molecule has 25 heavy (non-hydrogen) atoms. The number of hydrogen-bond donors (Lipinski definition) is 1. The van der Waals surface area contributed by atoms with Crippen molar-refractivity contribution in [1.29, 1.82) is 0 Å². The molecule has 0 fully saturated rings. The van der Waals surface area contributed by atoms with Crippen molar-refractivity contribution in [3.8, 4) is 11.5 Å². The minimum Gasteiger partial charge on any atom is -0.421 e. The summed E-state index contributed by atoms with van der Waals surface area (Å²) < 4.78 is 61.0. The molecule has 0 spiro atoms. The minimum atomic E-state index is -1.62. The molecule has 0 aliphatic rings. The molecule has 6 nitrogen and oxygen atoms in total. The summed E-state index contributed by atoms with van der Waals surface area (Å²) in [5.41, 5.74) is -1.32. The summed E-state index contributed by atoms with van der Waals surface area (Å²) in [7, 11) is 0. The first-order chi connectivity index (χ1) is 11.8. The summed E-state index contributed by atoms with van der Waals surface area (Å²) >= 11 is 0. The number of oxime groups is 1. The van der Waals surface area contributed by atoms with Gasteiger partial charge in [0.05, 0.1) is 0 Å². The van der Waals surface area contributed by atoms with Gasteiger partial charge in [0.25, 0.3) is 5.71 Å². The van der Waals surface area contributed by atoms with Gasteiger partial charge in [-0.2, -0.15) is 0 Å². The molecule has 10 heteroatoms. The van der Waals surface area contributed by atoms with Crippen LogP contribution in [-0.2, 0) is 9.59 Å². The molecule has 2 aromatic rings. The topological polar surface area (TPSA) is 85.2 Å². The molecule has 0 aliphatic heterocycles. The van der Waals surface area contributed by atoms with Crippen molar-refractivity contribution in [1.82, 2.24) is 0 Å². The molecule has 2 aromatic carbocycles. The van der Waals surface area contributed by atoms with Crippen molar-refractivity contribution in [3.63, 3.8) is 0 Å². The SMILES string of the molecule is O=C(Oc1cc(F)cc(F)c1)C(=NO)C(=O)Oc1cc(F)cc(F)c1. The Morgan fingerprint density at radius 1 is 0.720 bits per heavy atom. The van der Waals surface area contributed by atoms with Gasteiger partial charge in [-0.1, -0.05) is 5.16 Å². The van der Waals surface area contributed by atoms with E-state index in [4.69, 9.17) is 5.21 Å². The monoisotopic (exact) mass is 357 g/mol. The van der Waals surface area contributed by atoms with Gasteiger partial charge in [-0.25, -0.2) is 27.2 Å². The lowest BCUT2D eigenvalue weighted by Crippen LogP contribution is -2.32. The summed E-state index contributed by atoms with van der Waals surface area (Å²) in [6, 6.07) is 3.52. The highest BCUT2D eigenvalue weighted by Crippen LogP contribution is 2.17. The molecular weight excluding hydrogens is 350 g/mol. The standard InChI is InChI=1S/C15H7F4NO5/c16-7-1-8(17)4-11(3-7)24-14(21)13(20-23)15(22)25-12-5-9(18)2-10(19)6-12/h1-6,23H. The summed E-state index contributed by atoms with van der Waals surface area (Å²) in [4.78, 5) is 23.4. The van der Waals surface area contributed by atoms with E-state index in [0.29, 0.717) is 36.4 Å². The van der Waals surface area contributed by atoms with Crippen molar-refractivity contribution in [3.05, 3.63) is 59.7 Å². The Hall–Kier alpha value is -3.43. The Morgan fingerprint density at radius 2 is 1.04 bits per heavy atom.